The highest BCUT2D eigenvalue weighted by Crippen LogP contribution is 2.19. The quantitative estimate of drug-likeness (QED) is 0.794. The molecule has 0 aliphatic carbocycles. The number of para-hydroxylation sites is 1. The van der Waals surface area contributed by atoms with E-state index in [-0.39, 0.29) is 19.1 Å². The number of benzene rings is 1. The number of hydrogen-bond donors (Lipinski definition) is 1. The number of amides is 1. The Bertz CT molecular complexity index is 713. The zero-order chi connectivity index (χ0) is 17.4. The van der Waals surface area contributed by atoms with Crippen LogP contribution in [0.5, 0.6) is 5.75 Å². The maximum Gasteiger partial charge on any atom is 0.246 e. The molecule has 2 rings (SSSR count). The summed E-state index contributed by atoms with van der Waals surface area (Å²) >= 11 is 0. The lowest BCUT2D eigenvalue weighted by molar-refractivity contribution is -0.127. The molecule has 0 aliphatic rings. The molecule has 0 fully saturated rings. The summed E-state index contributed by atoms with van der Waals surface area (Å²) in [7, 11) is 1.60. The summed E-state index contributed by atoms with van der Waals surface area (Å²) in [6.07, 6.45) is 6.70. The van der Waals surface area contributed by atoms with Crippen molar-refractivity contribution in [2.75, 3.05) is 20.3 Å². The summed E-state index contributed by atoms with van der Waals surface area (Å²) < 4.78 is 5.32. The lowest BCUT2D eigenvalue weighted by Crippen LogP contribution is -2.31. The third-order valence-corrected chi connectivity index (χ3v) is 3.55. The van der Waals surface area contributed by atoms with Crippen molar-refractivity contribution in [3.05, 3.63) is 65.5 Å². The molecule has 1 aromatic heterocycles. The fourth-order valence-corrected chi connectivity index (χ4v) is 2.37. The Balaban J connectivity index is 2.13. The molecule has 0 spiro atoms. The smallest absolute Gasteiger partial charge is 0.246 e. The molecule has 1 amide bonds. The minimum atomic E-state index is -0.170. The van der Waals surface area contributed by atoms with Crippen molar-refractivity contribution in [3.8, 4) is 5.75 Å². The number of ether oxygens (including phenoxy) is 1. The van der Waals surface area contributed by atoms with E-state index >= 15 is 0 Å². The molecule has 0 unspecified atom stereocenters. The second kappa shape index (κ2) is 8.84. The van der Waals surface area contributed by atoms with E-state index in [9.17, 15) is 9.90 Å². The lowest BCUT2D eigenvalue weighted by atomic mass is 10.1. The molecule has 0 aliphatic heterocycles. The van der Waals surface area contributed by atoms with Crippen LogP contribution >= 0.6 is 0 Å². The number of aliphatic hydroxyl groups excluding tert-OH is 1. The Hall–Kier alpha value is -2.66. The third-order valence-electron chi connectivity index (χ3n) is 3.55. The number of aromatic nitrogens is 1. The molecule has 0 saturated carbocycles. The van der Waals surface area contributed by atoms with Crippen molar-refractivity contribution in [2.24, 2.45) is 0 Å². The highest BCUT2D eigenvalue weighted by Gasteiger charge is 2.13. The van der Waals surface area contributed by atoms with Gasteiger partial charge in [0.2, 0.25) is 5.91 Å². The van der Waals surface area contributed by atoms with Crippen molar-refractivity contribution in [2.45, 2.75) is 13.5 Å². The van der Waals surface area contributed by atoms with E-state index in [1.807, 2.05) is 37.3 Å². The van der Waals surface area contributed by atoms with Gasteiger partial charge >= 0.3 is 0 Å². The number of rotatable bonds is 7. The second-order valence-electron chi connectivity index (χ2n) is 5.42. The Kier molecular flexibility index (Phi) is 6.51. The first kappa shape index (κ1) is 17.7. The molecule has 5 nitrogen and oxygen atoms in total. The summed E-state index contributed by atoms with van der Waals surface area (Å²) in [4.78, 5) is 18.1. The van der Waals surface area contributed by atoms with Gasteiger partial charge in [0.05, 0.1) is 13.7 Å². The average Bonchev–Trinajstić information content (AvgIpc) is 2.60. The zero-order valence-corrected chi connectivity index (χ0v) is 14.0. The van der Waals surface area contributed by atoms with Crippen molar-refractivity contribution >= 4 is 12.0 Å². The SMILES string of the molecule is COc1ccccc1CN(CCO)C(=O)/C=C/c1cncc(C)c1. The predicted octanol–water partition coefficient (Wildman–Crippen LogP) is 2.43. The molecule has 1 aromatic carbocycles. The molecule has 5 heteroatoms. The average molecular weight is 326 g/mol. The Morgan fingerprint density at radius 2 is 2.12 bits per heavy atom. The number of nitrogens with zero attached hydrogens (tertiary/aromatic N) is 2. The molecule has 24 heavy (non-hydrogen) atoms. The standard InChI is InChI=1S/C19H22N2O3/c1-15-11-16(13-20-12-15)7-8-19(23)21(9-10-22)14-17-5-3-4-6-18(17)24-2/h3-8,11-13,22H,9-10,14H2,1-2H3/b8-7+. The van der Waals surface area contributed by atoms with Crippen LogP contribution in [0.25, 0.3) is 6.08 Å². The van der Waals surface area contributed by atoms with Crippen LogP contribution < -0.4 is 4.74 Å². The Morgan fingerprint density at radius 1 is 1.33 bits per heavy atom. The van der Waals surface area contributed by atoms with Crippen LogP contribution in [0.3, 0.4) is 0 Å². The highest BCUT2D eigenvalue weighted by atomic mass is 16.5. The van der Waals surface area contributed by atoms with Gasteiger partial charge in [-0.2, -0.15) is 0 Å². The van der Waals surface area contributed by atoms with E-state index in [0.29, 0.717) is 6.54 Å². The first-order valence-electron chi connectivity index (χ1n) is 7.75. The molecule has 0 radical (unpaired) electrons. The number of pyridine rings is 1. The largest absolute Gasteiger partial charge is 0.496 e. The van der Waals surface area contributed by atoms with Crippen LogP contribution in [0.2, 0.25) is 0 Å². The normalized spacial score (nSPS) is 10.8. The van der Waals surface area contributed by atoms with Gasteiger partial charge in [-0.3, -0.25) is 9.78 Å². The van der Waals surface area contributed by atoms with E-state index in [0.717, 1.165) is 22.4 Å². The summed E-state index contributed by atoms with van der Waals surface area (Å²) in [5.74, 6) is 0.552. The first-order chi connectivity index (χ1) is 11.6. The van der Waals surface area contributed by atoms with Gasteiger partial charge in [-0.05, 0) is 36.3 Å². The molecular formula is C19H22N2O3. The van der Waals surface area contributed by atoms with Crippen LogP contribution in [0.1, 0.15) is 16.7 Å². The van der Waals surface area contributed by atoms with Crippen LogP contribution in [-0.2, 0) is 11.3 Å². The van der Waals surface area contributed by atoms with E-state index in [2.05, 4.69) is 4.98 Å². The van der Waals surface area contributed by atoms with Crippen molar-refractivity contribution < 1.29 is 14.6 Å². The van der Waals surface area contributed by atoms with Crippen LogP contribution in [0, 0.1) is 6.92 Å². The number of methoxy groups -OCH3 is 1. The number of carbonyl (C=O) groups excluding carboxylic acids is 1. The van der Waals surface area contributed by atoms with Crippen LogP contribution in [0.15, 0.2) is 48.8 Å². The zero-order valence-electron chi connectivity index (χ0n) is 14.0. The van der Waals surface area contributed by atoms with Gasteiger partial charge in [0.15, 0.2) is 0 Å². The molecule has 0 atom stereocenters. The molecule has 0 bridgehead atoms. The third kappa shape index (κ3) is 4.93. The van der Waals surface area contributed by atoms with Gasteiger partial charge in [0.25, 0.3) is 0 Å². The van der Waals surface area contributed by atoms with Crippen LogP contribution in [0.4, 0.5) is 0 Å². The predicted molar refractivity (Wildman–Crippen MR) is 93.5 cm³/mol. The molecule has 0 saturated heterocycles. The summed E-state index contributed by atoms with van der Waals surface area (Å²) in [6.45, 7) is 2.49. The molecule has 1 heterocycles. The minimum absolute atomic E-state index is 0.0965. The fourth-order valence-electron chi connectivity index (χ4n) is 2.37. The summed E-state index contributed by atoms with van der Waals surface area (Å²) in [5, 5.41) is 9.25. The van der Waals surface area contributed by atoms with Gasteiger partial charge in [-0.15, -0.1) is 0 Å². The number of carbonyl (C=O) groups is 1. The van der Waals surface area contributed by atoms with Crippen LogP contribution in [-0.4, -0.2) is 41.2 Å². The van der Waals surface area contributed by atoms with Gasteiger partial charge in [-0.1, -0.05) is 18.2 Å². The topological polar surface area (TPSA) is 62.7 Å². The molecule has 126 valence electrons. The van der Waals surface area contributed by atoms with E-state index in [1.54, 1.807) is 30.5 Å². The van der Waals surface area contributed by atoms with Gasteiger partial charge in [0, 0.05) is 37.1 Å². The summed E-state index contributed by atoms with van der Waals surface area (Å²) in [5.41, 5.74) is 2.79. The van der Waals surface area contributed by atoms with Crippen molar-refractivity contribution in [1.29, 1.82) is 0 Å². The second-order valence-corrected chi connectivity index (χ2v) is 5.42. The minimum Gasteiger partial charge on any atom is -0.496 e. The molecule has 1 N–H and O–H groups in total. The van der Waals surface area contributed by atoms with Gasteiger partial charge in [0.1, 0.15) is 5.75 Å². The fraction of sp³-hybridized carbons (Fsp3) is 0.263. The number of aryl methyl sites for hydroxylation is 1. The van der Waals surface area contributed by atoms with Crippen molar-refractivity contribution in [3.63, 3.8) is 0 Å². The van der Waals surface area contributed by atoms with Gasteiger partial charge in [-0.25, -0.2) is 0 Å². The van der Waals surface area contributed by atoms with Gasteiger partial charge < -0.3 is 14.7 Å². The van der Waals surface area contributed by atoms with E-state index < -0.39 is 0 Å². The Labute approximate surface area is 142 Å². The van der Waals surface area contributed by atoms with E-state index in [1.165, 1.54) is 6.08 Å². The monoisotopic (exact) mass is 326 g/mol. The van der Waals surface area contributed by atoms with E-state index in [4.69, 9.17) is 4.74 Å². The van der Waals surface area contributed by atoms with Crippen molar-refractivity contribution in [1.82, 2.24) is 9.88 Å². The Morgan fingerprint density at radius 3 is 2.83 bits per heavy atom. The summed E-state index contributed by atoms with van der Waals surface area (Å²) in [6, 6.07) is 9.49. The highest BCUT2D eigenvalue weighted by molar-refractivity contribution is 5.91. The maximum atomic E-state index is 12.5. The number of aliphatic hydroxyl groups is 1. The lowest BCUT2D eigenvalue weighted by Gasteiger charge is -2.21. The molecular weight excluding hydrogens is 304 g/mol. The first-order valence-corrected chi connectivity index (χ1v) is 7.75. The maximum absolute atomic E-state index is 12.5. The number of hydrogen-bond acceptors (Lipinski definition) is 4. The molecule has 2 aromatic rings.